The molecule has 1 heterocycles. The fourth-order valence-corrected chi connectivity index (χ4v) is 3.25. The number of pyridine rings is 1. The van der Waals surface area contributed by atoms with Gasteiger partial charge in [0.05, 0.1) is 6.54 Å². The summed E-state index contributed by atoms with van der Waals surface area (Å²) in [5.41, 5.74) is 14.0. The second-order valence-electron chi connectivity index (χ2n) is 8.34. The van der Waals surface area contributed by atoms with Gasteiger partial charge in [0.15, 0.2) is 11.6 Å². The van der Waals surface area contributed by atoms with Crippen LogP contribution in [0.5, 0.6) is 5.75 Å². The molecule has 0 aliphatic heterocycles. The highest BCUT2D eigenvalue weighted by atomic mass is 19.1. The highest BCUT2D eigenvalue weighted by Gasteiger charge is 2.22. The molecule has 0 saturated heterocycles. The maximum atomic E-state index is 14.0. The largest absolute Gasteiger partial charge is 0.482 e. The van der Waals surface area contributed by atoms with Gasteiger partial charge in [-0.05, 0) is 49.6 Å². The number of nitrogens with two attached hydrogens (primary N) is 3. The predicted octanol–water partition coefficient (Wildman–Crippen LogP) is 2.96. The second kappa shape index (κ2) is 10.8. The third-order valence-corrected chi connectivity index (χ3v) is 4.68. The minimum Gasteiger partial charge on any atom is -0.482 e. The molecular formula is C23H33FN6O2. The van der Waals surface area contributed by atoms with Crippen LogP contribution in [-0.2, 0) is 0 Å². The first-order valence-corrected chi connectivity index (χ1v) is 10.4. The maximum Gasteiger partial charge on any atom is 0.254 e. The minimum atomic E-state index is -0.651. The van der Waals surface area contributed by atoms with Crippen molar-refractivity contribution in [2.75, 3.05) is 25.9 Å². The van der Waals surface area contributed by atoms with E-state index in [4.69, 9.17) is 22.0 Å². The number of benzene rings is 1. The van der Waals surface area contributed by atoms with Crippen LogP contribution in [0.2, 0.25) is 0 Å². The minimum absolute atomic E-state index is 0.158. The van der Waals surface area contributed by atoms with E-state index < -0.39 is 11.9 Å². The Morgan fingerprint density at radius 3 is 2.62 bits per heavy atom. The van der Waals surface area contributed by atoms with Gasteiger partial charge in [0.25, 0.3) is 5.91 Å². The highest BCUT2D eigenvalue weighted by Crippen LogP contribution is 2.29. The van der Waals surface area contributed by atoms with Crippen molar-refractivity contribution in [3.63, 3.8) is 0 Å². The van der Waals surface area contributed by atoms with E-state index in [1.165, 1.54) is 28.1 Å². The Morgan fingerprint density at radius 2 is 1.97 bits per heavy atom. The van der Waals surface area contributed by atoms with E-state index in [2.05, 4.69) is 4.98 Å². The lowest BCUT2D eigenvalue weighted by molar-refractivity contribution is 0.0800. The Morgan fingerprint density at radius 1 is 1.28 bits per heavy atom. The number of carbonyl (C=O) groups excluding carboxylic acids is 1. The molecule has 9 heteroatoms. The van der Waals surface area contributed by atoms with Crippen LogP contribution >= 0.6 is 0 Å². The van der Waals surface area contributed by atoms with Crippen molar-refractivity contribution in [3.05, 3.63) is 64.9 Å². The van der Waals surface area contributed by atoms with Gasteiger partial charge >= 0.3 is 0 Å². The van der Waals surface area contributed by atoms with Crippen molar-refractivity contribution in [1.29, 1.82) is 0 Å². The number of carbonyl (C=O) groups is 1. The molecule has 2 rings (SSSR count). The third kappa shape index (κ3) is 6.84. The zero-order chi connectivity index (χ0) is 24.0. The summed E-state index contributed by atoms with van der Waals surface area (Å²) < 4.78 is 20.0. The first kappa shape index (κ1) is 24.9. The quantitative estimate of drug-likeness (QED) is 0.401. The SMILES string of the molecule is Cc1cnc(N)c(OC(C)c2cc(F)ccc2C(=O)N(C)C/C(N)=C/N(N)CC(C)C)c1. The van der Waals surface area contributed by atoms with Gasteiger partial charge < -0.3 is 26.1 Å². The average molecular weight is 445 g/mol. The van der Waals surface area contributed by atoms with Crippen molar-refractivity contribution in [1.82, 2.24) is 14.9 Å². The molecule has 6 N–H and O–H groups in total. The summed E-state index contributed by atoms with van der Waals surface area (Å²) in [4.78, 5) is 18.7. The van der Waals surface area contributed by atoms with Gasteiger partial charge in [0, 0.05) is 42.8 Å². The number of hydrogen-bond donors (Lipinski definition) is 3. The second-order valence-corrected chi connectivity index (χ2v) is 8.34. The van der Waals surface area contributed by atoms with Gasteiger partial charge in [-0.25, -0.2) is 15.2 Å². The van der Waals surface area contributed by atoms with E-state index >= 15 is 0 Å². The molecule has 1 aromatic heterocycles. The van der Waals surface area contributed by atoms with Crippen LogP contribution in [0.4, 0.5) is 10.2 Å². The average Bonchev–Trinajstić information content (AvgIpc) is 2.69. The molecule has 0 aliphatic rings. The summed E-state index contributed by atoms with van der Waals surface area (Å²) in [7, 11) is 1.62. The molecule has 1 aromatic carbocycles. The lowest BCUT2D eigenvalue weighted by Gasteiger charge is -2.23. The number of aromatic nitrogens is 1. The zero-order valence-electron chi connectivity index (χ0n) is 19.3. The molecule has 0 fully saturated rings. The fourth-order valence-electron chi connectivity index (χ4n) is 3.25. The highest BCUT2D eigenvalue weighted by molar-refractivity contribution is 5.95. The summed E-state index contributed by atoms with van der Waals surface area (Å²) in [5.74, 6) is 6.07. The van der Waals surface area contributed by atoms with Gasteiger partial charge in [-0.15, -0.1) is 0 Å². The Bertz CT molecular complexity index is 979. The molecule has 0 aliphatic carbocycles. The number of rotatable bonds is 9. The number of hydrogen-bond acceptors (Lipinski definition) is 7. The number of hydrazine groups is 1. The number of halogens is 1. The third-order valence-electron chi connectivity index (χ3n) is 4.68. The van der Waals surface area contributed by atoms with Gasteiger partial charge in [-0.3, -0.25) is 4.79 Å². The summed E-state index contributed by atoms with van der Waals surface area (Å²) in [5, 5.41) is 1.50. The number of likely N-dealkylation sites (N-methyl/N-ethyl adjacent to an activating group) is 1. The molecule has 1 amide bonds. The first-order chi connectivity index (χ1) is 15.0. The van der Waals surface area contributed by atoms with Gasteiger partial charge in [0.1, 0.15) is 11.9 Å². The molecule has 0 saturated carbocycles. The van der Waals surface area contributed by atoms with E-state index in [1.54, 1.807) is 32.4 Å². The molecule has 174 valence electrons. The smallest absolute Gasteiger partial charge is 0.254 e. The summed E-state index contributed by atoms with van der Waals surface area (Å²) in [6, 6.07) is 5.71. The molecule has 0 spiro atoms. The zero-order valence-corrected chi connectivity index (χ0v) is 19.3. The van der Waals surface area contributed by atoms with Gasteiger partial charge in [0.2, 0.25) is 0 Å². The van der Waals surface area contributed by atoms with Crippen LogP contribution in [-0.4, -0.2) is 40.9 Å². The van der Waals surface area contributed by atoms with Gasteiger partial charge in [-0.2, -0.15) is 0 Å². The van der Waals surface area contributed by atoms with Crippen molar-refractivity contribution >= 4 is 11.7 Å². The van der Waals surface area contributed by atoms with E-state index in [9.17, 15) is 9.18 Å². The van der Waals surface area contributed by atoms with E-state index in [-0.39, 0.29) is 18.3 Å². The molecule has 1 unspecified atom stereocenters. The molecule has 2 aromatic rings. The van der Waals surface area contributed by atoms with E-state index in [1.807, 2.05) is 20.8 Å². The normalized spacial score (nSPS) is 12.6. The van der Waals surface area contributed by atoms with Crippen molar-refractivity contribution in [3.8, 4) is 5.75 Å². The summed E-state index contributed by atoms with van der Waals surface area (Å²) in [6.07, 6.45) is 2.58. The van der Waals surface area contributed by atoms with E-state index in [0.29, 0.717) is 35.0 Å². The first-order valence-electron chi connectivity index (χ1n) is 10.4. The van der Waals surface area contributed by atoms with Crippen LogP contribution in [0.15, 0.2) is 42.4 Å². The molecule has 1 atom stereocenters. The summed E-state index contributed by atoms with van der Waals surface area (Å²) in [6.45, 7) is 8.45. The Balaban J connectivity index is 2.23. The number of ether oxygens (including phenoxy) is 1. The molecule has 0 radical (unpaired) electrons. The lowest BCUT2D eigenvalue weighted by Crippen LogP contribution is -2.35. The van der Waals surface area contributed by atoms with Crippen LogP contribution in [0.25, 0.3) is 0 Å². The van der Waals surface area contributed by atoms with Crippen molar-refractivity contribution in [2.24, 2.45) is 17.5 Å². The Hall–Kier alpha value is -3.33. The molecule has 0 bridgehead atoms. The Kier molecular flexibility index (Phi) is 8.42. The molecule has 32 heavy (non-hydrogen) atoms. The van der Waals surface area contributed by atoms with Gasteiger partial charge in [-0.1, -0.05) is 13.8 Å². The fraction of sp³-hybridized carbons (Fsp3) is 0.391. The number of anilines is 1. The maximum absolute atomic E-state index is 14.0. The lowest BCUT2D eigenvalue weighted by atomic mass is 10.0. The van der Waals surface area contributed by atoms with Crippen LogP contribution in [0.1, 0.15) is 48.4 Å². The monoisotopic (exact) mass is 444 g/mol. The predicted molar refractivity (Wildman–Crippen MR) is 124 cm³/mol. The number of nitrogen functional groups attached to an aromatic ring is 1. The number of aryl methyl sites for hydroxylation is 1. The van der Waals surface area contributed by atoms with Crippen LogP contribution in [0, 0.1) is 18.7 Å². The standard InChI is InChI=1S/C23H33FN6O2/c1-14(2)11-30(27)13-18(25)12-29(5)23(31)19-7-6-17(24)9-20(19)16(4)32-21-8-15(3)10-28-22(21)26/h6-10,13-14,16H,11-12,25,27H2,1-5H3,(H2,26,28)/b18-13-. The van der Waals surface area contributed by atoms with Crippen LogP contribution in [0.3, 0.4) is 0 Å². The van der Waals surface area contributed by atoms with E-state index in [0.717, 1.165) is 5.56 Å². The van der Waals surface area contributed by atoms with Crippen molar-refractivity contribution < 1.29 is 13.9 Å². The number of amides is 1. The van der Waals surface area contributed by atoms with Crippen molar-refractivity contribution in [2.45, 2.75) is 33.8 Å². The molecule has 8 nitrogen and oxygen atoms in total. The Labute approximate surface area is 188 Å². The number of nitrogens with zero attached hydrogens (tertiary/aromatic N) is 3. The van der Waals surface area contributed by atoms with Crippen LogP contribution < -0.4 is 22.0 Å². The summed E-state index contributed by atoms with van der Waals surface area (Å²) >= 11 is 0. The molecular weight excluding hydrogens is 411 g/mol. The topological polar surface area (TPSA) is 124 Å².